The molecule has 3 aromatic rings. The number of ether oxygens (including phenoxy) is 1. The van der Waals surface area contributed by atoms with Gasteiger partial charge >= 0.3 is 6.18 Å². The Balaban J connectivity index is 2.02. The maximum Gasteiger partial charge on any atom is 0.433 e. The van der Waals surface area contributed by atoms with Gasteiger partial charge < -0.3 is 4.74 Å². The van der Waals surface area contributed by atoms with Gasteiger partial charge in [0.1, 0.15) is 23.2 Å². The van der Waals surface area contributed by atoms with Crippen LogP contribution in [0.4, 0.5) is 13.2 Å². The first-order valence-corrected chi connectivity index (χ1v) is 7.04. The monoisotopic (exact) mass is 341 g/mol. The SMILES string of the molecule is Cc1nn2c(Cl)cc(C(F)(F)F)nc2c1COc1ccccc1. The average molecular weight is 342 g/mol. The number of fused-ring (bicyclic) bond motifs is 1. The summed E-state index contributed by atoms with van der Waals surface area (Å²) in [6.45, 7) is 1.71. The lowest BCUT2D eigenvalue weighted by Gasteiger charge is -2.08. The fourth-order valence-corrected chi connectivity index (χ4v) is 2.34. The minimum atomic E-state index is -4.58. The van der Waals surface area contributed by atoms with Gasteiger partial charge in [-0.15, -0.1) is 0 Å². The van der Waals surface area contributed by atoms with Gasteiger partial charge in [-0.05, 0) is 19.1 Å². The first-order chi connectivity index (χ1) is 10.9. The van der Waals surface area contributed by atoms with Gasteiger partial charge in [0.15, 0.2) is 5.65 Å². The molecule has 3 rings (SSSR count). The van der Waals surface area contributed by atoms with Gasteiger partial charge in [-0.25, -0.2) is 9.50 Å². The van der Waals surface area contributed by atoms with Gasteiger partial charge in [-0.2, -0.15) is 18.3 Å². The van der Waals surface area contributed by atoms with Crippen LogP contribution < -0.4 is 4.74 Å². The Morgan fingerprint density at radius 3 is 2.57 bits per heavy atom. The molecule has 0 fully saturated rings. The molecule has 0 N–H and O–H groups in total. The van der Waals surface area contributed by atoms with Gasteiger partial charge in [0.05, 0.1) is 11.3 Å². The maximum atomic E-state index is 12.9. The quantitative estimate of drug-likeness (QED) is 0.667. The number of aryl methyl sites for hydroxylation is 1. The van der Waals surface area contributed by atoms with Crippen molar-refractivity contribution in [3.63, 3.8) is 0 Å². The van der Waals surface area contributed by atoms with Crippen molar-refractivity contribution in [3.8, 4) is 5.75 Å². The van der Waals surface area contributed by atoms with Crippen molar-refractivity contribution in [1.29, 1.82) is 0 Å². The first-order valence-electron chi connectivity index (χ1n) is 6.66. The molecule has 0 aliphatic carbocycles. The first kappa shape index (κ1) is 15.6. The van der Waals surface area contributed by atoms with E-state index in [1.54, 1.807) is 31.2 Å². The molecule has 23 heavy (non-hydrogen) atoms. The number of para-hydroxylation sites is 1. The zero-order valence-electron chi connectivity index (χ0n) is 11.9. The van der Waals surface area contributed by atoms with Crippen LogP contribution in [-0.2, 0) is 12.8 Å². The second kappa shape index (κ2) is 5.73. The van der Waals surface area contributed by atoms with E-state index in [0.29, 0.717) is 17.0 Å². The van der Waals surface area contributed by atoms with Crippen LogP contribution >= 0.6 is 11.6 Å². The van der Waals surface area contributed by atoms with E-state index in [1.807, 2.05) is 6.07 Å². The highest BCUT2D eigenvalue weighted by Gasteiger charge is 2.34. The predicted molar refractivity (Wildman–Crippen MR) is 78.5 cm³/mol. The Kier molecular flexibility index (Phi) is 3.89. The van der Waals surface area contributed by atoms with Crippen LogP contribution in [0.1, 0.15) is 17.0 Å². The molecular weight excluding hydrogens is 331 g/mol. The minimum absolute atomic E-state index is 0.0401. The van der Waals surface area contributed by atoms with E-state index < -0.39 is 11.9 Å². The standard InChI is InChI=1S/C15H11ClF3N3O/c1-9-11(8-23-10-5-3-2-4-6-10)14-20-12(15(17,18)19)7-13(16)22(14)21-9/h2-7H,8H2,1H3. The molecule has 120 valence electrons. The molecule has 0 atom stereocenters. The summed E-state index contributed by atoms with van der Waals surface area (Å²) in [5.74, 6) is 0.601. The molecule has 1 aromatic carbocycles. The molecule has 0 saturated carbocycles. The van der Waals surface area contributed by atoms with Crippen LogP contribution in [0.5, 0.6) is 5.75 Å². The minimum Gasteiger partial charge on any atom is -0.489 e. The molecule has 8 heteroatoms. The number of rotatable bonds is 3. The smallest absolute Gasteiger partial charge is 0.433 e. The number of hydrogen-bond acceptors (Lipinski definition) is 3. The van der Waals surface area contributed by atoms with Crippen LogP contribution in [0.2, 0.25) is 5.15 Å². The van der Waals surface area contributed by atoms with E-state index in [9.17, 15) is 13.2 Å². The van der Waals surface area contributed by atoms with E-state index in [1.165, 1.54) is 4.52 Å². The summed E-state index contributed by atoms with van der Waals surface area (Å²) in [5.41, 5.74) is -0.0503. The van der Waals surface area contributed by atoms with Gasteiger partial charge in [-0.1, -0.05) is 29.8 Å². The van der Waals surface area contributed by atoms with Crippen molar-refractivity contribution in [2.45, 2.75) is 19.7 Å². The lowest BCUT2D eigenvalue weighted by Crippen LogP contribution is -2.10. The molecule has 0 aliphatic heterocycles. The summed E-state index contributed by atoms with van der Waals surface area (Å²) in [7, 11) is 0. The molecule has 0 bridgehead atoms. The van der Waals surface area contributed by atoms with Crippen molar-refractivity contribution in [2.24, 2.45) is 0 Å². The van der Waals surface area contributed by atoms with Crippen molar-refractivity contribution < 1.29 is 17.9 Å². The number of nitrogens with zero attached hydrogens (tertiary/aromatic N) is 3. The molecule has 0 spiro atoms. The molecular formula is C15H11ClF3N3O. The molecule has 0 amide bonds. The molecule has 0 aliphatic rings. The largest absolute Gasteiger partial charge is 0.489 e. The third-order valence-corrected chi connectivity index (χ3v) is 3.53. The highest BCUT2D eigenvalue weighted by molar-refractivity contribution is 6.29. The predicted octanol–water partition coefficient (Wildman–Crippen LogP) is 4.29. The molecule has 2 aromatic heterocycles. The number of alkyl halides is 3. The topological polar surface area (TPSA) is 39.4 Å². The van der Waals surface area contributed by atoms with Crippen molar-refractivity contribution in [2.75, 3.05) is 0 Å². The summed E-state index contributed by atoms with van der Waals surface area (Å²) in [6, 6.07) is 9.70. The number of halogens is 4. The van der Waals surface area contributed by atoms with Crippen LogP contribution in [0.25, 0.3) is 5.65 Å². The van der Waals surface area contributed by atoms with E-state index >= 15 is 0 Å². The second-order valence-electron chi connectivity index (χ2n) is 4.86. The highest BCUT2D eigenvalue weighted by Crippen LogP contribution is 2.31. The van der Waals surface area contributed by atoms with Crippen molar-refractivity contribution in [3.05, 3.63) is 58.5 Å². The Morgan fingerprint density at radius 2 is 1.91 bits per heavy atom. The zero-order valence-corrected chi connectivity index (χ0v) is 12.7. The fourth-order valence-electron chi connectivity index (χ4n) is 2.12. The zero-order chi connectivity index (χ0) is 16.6. The Hall–Kier alpha value is -2.28. The van der Waals surface area contributed by atoms with E-state index in [4.69, 9.17) is 16.3 Å². The Bertz CT molecular complexity index is 847. The summed E-state index contributed by atoms with van der Waals surface area (Å²) in [4.78, 5) is 3.65. The highest BCUT2D eigenvalue weighted by atomic mass is 35.5. The summed E-state index contributed by atoms with van der Waals surface area (Å²) in [6.07, 6.45) is -4.58. The third kappa shape index (κ3) is 3.10. The fraction of sp³-hybridized carbons (Fsp3) is 0.200. The summed E-state index contributed by atoms with van der Waals surface area (Å²) in [5, 5.41) is 3.97. The number of aromatic nitrogens is 3. The maximum absolute atomic E-state index is 12.9. The molecule has 2 heterocycles. The Morgan fingerprint density at radius 1 is 1.22 bits per heavy atom. The summed E-state index contributed by atoms with van der Waals surface area (Å²) < 4.78 is 45.5. The number of benzene rings is 1. The molecule has 0 saturated heterocycles. The van der Waals surface area contributed by atoms with Crippen molar-refractivity contribution >= 4 is 17.2 Å². The molecule has 0 radical (unpaired) electrons. The lowest BCUT2D eigenvalue weighted by molar-refractivity contribution is -0.141. The van der Waals surface area contributed by atoms with Crippen LogP contribution in [0.15, 0.2) is 36.4 Å². The van der Waals surface area contributed by atoms with Gasteiger partial charge in [0.2, 0.25) is 0 Å². The van der Waals surface area contributed by atoms with Gasteiger partial charge in [-0.3, -0.25) is 0 Å². The molecule has 4 nitrogen and oxygen atoms in total. The second-order valence-corrected chi connectivity index (χ2v) is 5.25. The lowest BCUT2D eigenvalue weighted by atomic mass is 10.2. The van der Waals surface area contributed by atoms with Crippen LogP contribution in [0, 0.1) is 6.92 Å². The van der Waals surface area contributed by atoms with E-state index in [-0.39, 0.29) is 17.4 Å². The van der Waals surface area contributed by atoms with Crippen LogP contribution in [-0.4, -0.2) is 14.6 Å². The van der Waals surface area contributed by atoms with Crippen LogP contribution in [0.3, 0.4) is 0 Å². The van der Waals surface area contributed by atoms with Gasteiger partial charge in [0, 0.05) is 6.07 Å². The van der Waals surface area contributed by atoms with E-state index in [0.717, 1.165) is 6.07 Å². The van der Waals surface area contributed by atoms with Gasteiger partial charge in [0.25, 0.3) is 0 Å². The summed E-state index contributed by atoms with van der Waals surface area (Å²) >= 11 is 5.89. The Labute approximate surface area is 134 Å². The van der Waals surface area contributed by atoms with Crippen molar-refractivity contribution in [1.82, 2.24) is 14.6 Å². The number of hydrogen-bond donors (Lipinski definition) is 0. The third-order valence-electron chi connectivity index (χ3n) is 3.26. The van der Waals surface area contributed by atoms with E-state index in [2.05, 4.69) is 10.1 Å². The normalized spacial score (nSPS) is 11.9. The molecule has 0 unspecified atom stereocenters. The average Bonchev–Trinajstić information content (AvgIpc) is 2.82.